The summed E-state index contributed by atoms with van der Waals surface area (Å²) < 4.78 is 43.0. The lowest BCUT2D eigenvalue weighted by Gasteiger charge is -2.32. The molecular weight excluding hydrogens is 351 g/mol. The molecule has 3 heterocycles. The number of halogens is 3. The van der Waals surface area contributed by atoms with Gasteiger partial charge in [-0.1, -0.05) is 0 Å². The third-order valence-electron chi connectivity index (χ3n) is 4.25. The molecule has 1 fully saturated rings. The van der Waals surface area contributed by atoms with Crippen LogP contribution in [-0.2, 0) is 17.5 Å². The molecule has 1 saturated heterocycles. The summed E-state index contributed by atoms with van der Waals surface area (Å²) in [7, 11) is 0. The van der Waals surface area contributed by atoms with E-state index in [9.17, 15) is 18.0 Å². The summed E-state index contributed by atoms with van der Waals surface area (Å²) in [5, 5.41) is 10.3. The quantitative estimate of drug-likeness (QED) is 0.891. The number of hydrogen-bond donors (Lipinski definition) is 1. The summed E-state index contributed by atoms with van der Waals surface area (Å²) in [6.07, 6.45) is -2.37. The van der Waals surface area contributed by atoms with Gasteiger partial charge in [0, 0.05) is 32.1 Å². The fraction of sp³-hybridized carbons (Fsp3) is 0.500. The van der Waals surface area contributed by atoms with E-state index in [-0.39, 0.29) is 18.4 Å². The average molecular weight is 369 g/mol. The second-order valence-electron chi connectivity index (χ2n) is 6.10. The number of alkyl halides is 3. The third kappa shape index (κ3) is 4.30. The van der Waals surface area contributed by atoms with Crippen LogP contribution in [0.4, 0.5) is 19.0 Å². The number of anilines is 1. The predicted molar refractivity (Wildman–Crippen MR) is 85.1 cm³/mol. The lowest BCUT2D eigenvalue weighted by Crippen LogP contribution is -2.40. The summed E-state index contributed by atoms with van der Waals surface area (Å²) in [6, 6.07) is 2.38. The molecule has 26 heavy (non-hydrogen) atoms. The Morgan fingerprint density at radius 1 is 1.31 bits per heavy atom. The Bertz CT molecular complexity index is 752. The summed E-state index contributed by atoms with van der Waals surface area (Å²) in [5.41, 5.74) is -0.772. The van der Waals surface area contributed by atoms with E-state index in [0.717, 1.165) is 12.3 Å². The van der Waals surface area contributed by atoms with Gasteiger partial charge in [0.2, 0.25) is 17.7 Å². The van der Waals surface area contributed by atoms with E-state index in [4.69, 9.17) is 4.42 Å². The highest BCUT2D eigenvalue weighted by molar-refractivity contribution is 5.78. The molecule has 0 atom stereocenters. The number of amides is 1. The first-order valence-corrected chi connectivity index (χ1v) is 8.18. The van der Waals surface area contributed by atoms with Gasteiger partial charge in [0.15, 0.2) is 0 Å². The molecule has 140 valence electrons. The lowest BCUT2D eigenvalue weighted by molar-refractivity contribution is -0.137. The number of carbonyl (C=O) groups is 1. The molecule has 0 saturated carbocycles. The van der Waals surface area contributed by atoms with E-state index in [0.29, 0.717) is 43.5 Å². The molecule has 2 aromatic rings. The Kier molecular flexibility index (Phi) is 5.10. The van der Waals surface area contributed by atoms with Crippen LogP contribution < -0.4 is 10.2 Å². The van der Waals surface area contributed by atoms with Gasteiger partial charge >= 0.3 is 6.18 Å². The van der Waals surface area contributed by atoms with Crippen molar-refractivity contribution in [2.75, 3.05) is 18.0 Å². The molecule has 1 N–H and O–H groups in total. The summed E-state index contributed by atoms with van der Waals surface area (Å²) in [6.45, 7) is 2.95. The Balaban J connectivity index is 1.49. The maximum Gasteiger partial charge on any atom is 0.417 e. The standard InChI is InChI=1S/C16H18F3N5O2/c1-10-22-23-14(26-10)9-21-15(25)11-4-6-24(7-5-11)13-3-2-12(8-20-13)16(17,18)19/h2-3,8,11H,4-7,9H2,1H3,(H,21,25). The summed E-state index contributed by atoms with van der Waals surface area (Å²) >= 11 is 0. The van der Waals surface area contributed by atoms with E-state index in [1.807, 2.05) is 4.90 Å². The summed E-state index contributed by atoms with van der Waals surface area (Å²) in [4.78, 5) is 18.0. The van der Waals surface area contributed by atoms with Gasteiger partial charge in [0.25, 0.3) is 0 Å². The van der Waals surface area contributed by atoms with Gasteiger partial charge in [-0.05, 0) is 25.0 Å². The number of aryl methyl sites for hydroxylation is 1. The topological polar surface area (TPSA) is 84.2 Å². The second-order valence-corrected chi connectivity index (χ2v) is 6.10. The van der Waals surface area contributed by atoms with Crippen molar-refractivity contribution in [3.05, 3.63) is 35.7 Å². The maximum atomic E-state index is 12.6. The van der Waals surface area contributed by atoms with Crippen LogP contribution >= 0.6 is 0 Å². The molecule has 10 heteroatoms. The van der Waals surface area contributed by atoms with Crippen LogP contribution in [0.3, 0.4) is 0 Å². The first kappa shape index (κ1) is 18.2. The van der Waals surface area contributed by atoms with Crippen molar-refractivity contribution in [2.24, 2.45) is 5.92 Å². The van der Waals surface area contributed by atoms with Gasteiger partial charge in [-0.15, -0.1) is 10.2 Å². The van der Waals surface area contributed by atoms with Gasteiger partial charge in [-0.3, -0.25) is 4.79 Å². The number of rotatable bonds is 4. The van der Waals surface area contributed by atoms with Crippen LogP contribution in [0.2, 0.25) is 0 Å². The number of nitrogens with one attached hydrogen (secondary N) is 1. The number of piperidine rings is 1. The number of hydrogen-bond acceptors (Lipinski definition) is 6. The van der Waals surface area contributed by atoms with Crippen molar-refractivity contribution >= 4 is 11.7 Å². The zero-order chi connectivity index (χ0) is 18.7. The Morgan fingerprint density at radius 2 is 2.04 bits per heavy atom. The number of aromatic nitrogens is 3. The van der Waals surface area contributed by atoms with Gasteiger partial charge in [-0.25, -0.2) is 4.98 Å². The van der Waals surface area contributed by atoms with Crippen molar-refractivity contribution < 1.29 is 22.4 Å². The predicted octanol–water partition coefficient (Wildman–Crippen LogP) is 2.32. The van der Waals surface area contributed by atoms with Crippen molar-refractivity contribution in [3.63, 3.8) is 0 Å². The van der Waals surface area contributed by atoms with Gasteiger partial charge in [-0.2, -0.15) is 13.2 Å². The number of nitrogens with zero attached hydrogens (tertiary/aromatic N) is 4. The van der Waals surface area contributed by atoms with E-state index in [1.165, 1.54) is 6.07 Å². The molecule has 1 aliphatic rings. The van der Waals surface area contributed by atoms with Crippen molar-refractivity contribution in [1.82, 2.24) is 20.5 Å². The Labute approximate surface area is 147 Å². The largest absolute Gasteiger partial charge is 0.424 e. The highest BCUT2D eigenvalue weighted by Crippen LogP contribution is 2.30. The molecule has 3 rings (SSSR count). The van der Waals surface area contributed by atoms with Gasteiger partial charge < -0.3 is 14.6 Å². The van der Waals surface area contributed by atoms with E-state index >= 15 is 0 Å². The summed E-state index contributed by atoms with van der Waals surface area (Å²) in [5.74, 6) is 1.01. The minimum Gasteiger partial charge on any atom is -0.424 e. The molecule has 0 unspecified atom stereocenters. The zero-order valence-electron chi connectivity index (χ0n) is 14.1. The normalized spacial score (nSPS) is 15.9. The number of carbonyl (C=O) groups excluding carboxylic acids is 1. The first-order valence-electron chi connectivity index (χ1n) is 8.18. The van der Waals surface area contributed by atoms with Crippen LogP contribution in [0.25, 0.3) is 0 Å². The van der Waals surface area contributed by atoms with Crippen molar-refractivity contribution in [2.45, 2.75) is 32.5 Å². The Hall–Kier alpha value is -2.65. The minimum absolute atomic E-state index is 0.0964. The van der Waals surface area contributed by atoms with Gasteiger partial charge in [0.05, 0.1) is 12.1 Å². The SMILES string of the molecule is Cc1nnc(CNC(=O)C2CCN(c3ccc(C(F)(F)F)cn3)CC2)o1. The highest BCUT2D eigenvalue weighted by Gasteiger charge is 2.31. The molecule has 7 nitrogen and oxygen atoms in total. The third-order valence-corrected chi connectivity index (χ3v) is 4.25. The first-order chi connectivity index (χ1) is 12.3. The van der Waals surface area contributed by atoms with E-state index < -0.39 is 11.7 Å². The fourth-order valence-electron chi connectivity index (χ4n) is 2.83. The molecule has 0 radical (unpaired) electrons. The molecule has 0 aliphatic carbocycles. The molecule has 0 bridgehead atoms. The molecule has 1 aliphatic heterocycles. The highest BCUT2D eigenvalue weighted by atomic mass is 19.4. The minimum atomic E-state index is -4.40. The fourth-order valence-corrected chi connectivity index (χ4v) is 2.83. The average Bonchev–Trinajstić information content (AvgIpc) is 3.04. The van der Waals surface area contributed by atoms with E-state index in [2.05, 4.69) is 20.5 Å². The second kappa shape index (κ2) is 7.30. The van der Waals surface area contributed by atoms with Crippen LogP contribution in [0.5, 0.6) is 0 Å². The van der Waals surface area contributed by atoms with Crippen LogP contribution in [0, 0.1) is 12.8 Å². The van der Waals surface area contributed by atoms with Crippen LogP contribution in [-0.4, -0.2) is 34.2 Å². The molecule has 1 amide bonds. The maximum absolute atomic E-state index is 12.6. The lowest BCUT2D eigenvalue weighted by atomic mass is 9.96. The smallest absolute Gasteiger partial charge is 0.417 e. The molecule has 0 aromatic carbocycles. The van der Waals surface area contributed by atoms with Crippen molar-refractivity contribution in [3.8, 4) is 0 Å². The Morgan fingerprint density at radius 3 is 2.58 bits per heavy atom. The van der Waals surface area contributed by atoms with Gasteiger partial charge in [0.1, 0.15) is 5.82 Å². The number of pyridine rings is 1. The zero-order valence-corrected chi connectivity index (χ0v) is 14.1. The molecule has 0 spiro atoms. The van der Waals surface area contributed by atoms with Crippen molar-refractivity contribution in [1.29, 1.82) is 0 Å². The van der Waals surface area contributed by atoms with Crippen LogP contribution in [0.1, 0.15) is 30.2 Å². The van der Waals surface area contributed by atoms with Crippen LogP contribution in [0.15, 0.2) is 22.7 Å². The molecule has 2 aromatic heterocycles. The monoisotopic (exact) mass is 369 g/mol. The van der Waals surface area contributed by atoms with E-state index in [1.54, 1.807) is 6.92 Å². The molecular formula is C16H18F3N5O2.